The molecule has 1 spiro atoms. The molecule has 0 saturated carbocycles. The van der Waals surface area contributed by atoms with Crippen LogP contribution in [0.4, 0.5) is 0 Å². The molecular formula is C23H28N4O3. The molecule has 5 rings (SSSR count). The van der Waals surface area contributed by atoms with Crippen LogP contribution in [0.3, 0.4) is 0 Å². The van der Waals surface area contributed by atoms with Crippen LogP contribution < -0.4 is 4.74 Å². The lowest BCUT2D eigenvalue weighted by Crippen LogP contribution is -2.56. The molecule has 7 heteroatoms. The molecule has 0 N–H and O–H groups in total. The largest absolute Gasteiger partial charge is 0.495 e. The Kier molecular flexibility index (Phi) is 4.98. The van der Waals surface area contributed by atoms with Gasteiger partial charge in [-0.3, -0.25) is 0 Å². The fourth-order valence-electron chi connectivity index (χ4n) is 4.58. The van der Waals surface area contributed by atoms with E-state index in [0.717, 1.165) is 73.9 Å². The molecule has 4 heterocycles. The molecule has 7 nitrogen and oxygen atoms in total. The number of hydrogen-bond acceptors (Lipinski definition) is 6. The van der Waals surface area contributed by atoms with Crippen LogP contribution in [0.25, 0.3) is 11.8 Å². The number of oxime groups is 1. The molecule has 0 amide bonds. The Bertz CT molecular complexity index is 988. The lowest BCUT2D eigenvalue weighted by atomic mass is 9.92. The quantitative estimate of drug-likeness (QED) is 0.777. The van der Waals surface area contributed by atoms with Crippen molar-refractivity contribution in [3.05, 3.63) is 47.6 Å². The molecule has 1 unspecified atom stereocenters. The molecule has 0 radical (unpaired) electrons. The van der Waals surface area contributed by atoms with Gasteiger partial charge in [0.15, 0.2) is 11.4 Å². The molecule has 0 bridgehead atoms. The molecule has 0 aliphatic carbocycles. The van der Waals surface area contributed by atoms with Crippen LogP contribution in [0.15, 0.2) is 41.5 Å². The Hall–Kier alpha value is -2.80. The Morgan fingerprint density at radius 1 is 1.27 bits per heavy atom. The second-order valence-corrected chi connectivity index (χ2v) is 8.39. The molecule has 1 atom stereocenters. The smallest absolute Gasteiger partial charge is 0.178 e. The average molecular weight is 409 g/mol. The van der Waals surface area contributed by atoms with Gasteiger partial charge in [0.1, 0.15) is 5.75 Å². The van der Waals surface area contributed by atoms with Gasteiger partial charge in [0.25, 0.3) is 0 Å². The number of hydrogen-bond donors (Lipinski definition) is 0. The van der Waals surface area contributed by atoms with E-state index in [0.29, 0.717) is 6.61 Å². The van der Waals surface area contributed by atoms with Crippen molar-refractivity contribution >= 4 is 11.9 Å². The maximum absolute atomic E-state index is 6.01. The number of aryl methyl sites for hydroxylation is 1. The van der Waals surface area contributed by atoms with Crippen molar-refractivity contribution in [3.63, 3.8) is 0 Å². The topological polar surface area (TPSA) is 61.1 Å². The van der Waals surface area contributed by atoms with Crippen LogP contribution in [0.2, 0.25) is 0 Å². The number of aromatic nitrogens is 2. The predicted octanol–water partition coefficient (Wildman–Crippen LogP) is 3.56. The number of piperidine rings is 1. The summed E-state index contributed by atoms with van der Waals surface area (Å²) in [4.78, 5) is 12.7. The Morgan fingerprint density at radius 3 is 2.97 bits per heavy atom. The third-order valence-corrected chi connectivity index (χ3v) is 6.09. The molecular weight excluding hydrogens is 380 g/mol. The first kappa shape index (κ1) is 19.2. The number of imidazole rings is 1. The van der Waals surface area contributed by atoms with Gasteiger partial charge >= 0.3 is 0 Å². The summed E-state index contributed by atoms with van der Waals surface area (Å²) >= 11 is 0. The molecule has 2 aromatic rings. The van der Waals surface area contributed by atoms with Crippen LogP contribution in [0.1, 0.15) is 36.9 Å². The second-order valence-electron chi connectivity index (χ2n) is 8.39. The van der Waals surface area contributed by atoms with Crippen LogP contribution in [-0.2, 0) is 9.57 Å². The highest BCUT2D eigenvalue weighted by Crippen LogP contribution is 2.33. The van der Waals surface area contributed by atoms with Crippen LogP contribution in [-0.4, -0.2) is 59.3 Å². The molecule has 1 aromatic heterocycles. The molecule has 3 aliphatic heterocycles. The summed E-state index contributed by atoms with van der Waals surface area (Å²) in [6, 6.07) is 6.25. The van der Waals surface area contributed by atoms with E-state index in [1.54, 1.807) is 7.11 Å². The zero-order chi connectivity index (χ0) is 20.6. The number of rotatable bonds is 3. The van der Waals surface area contributed by atoms with Crippen LogP contribution in [0, 0.1) is 6.92 Å². The fraction of sp³-hybridized carbons (Fsp3) is 0.478. The SMILES string of the molecule is COc1cc(/C=C2\CCCN3CC4(CCCOC4)ON=C23)ccc1-n1cnc(C)c1. The summed E-state index contributed by atoms with van der Waals surface area (Å²) in [7, 11) is 1.70. The maximum atomic E-state index is 6.01. The van der Waals surface area contributed by atoms with Crippen molar-refractivity contribution in [2.24, 2.45) is 5.16 Å². The summed E-state index contributed by atoms with van der Waals surface area (Å²) in [5.74, 6) is 1.78. The molecule has 1 aromatic carbocycles. The van der Waals surface area contributed by atoms with Gasteiger partial charge in [-0.15, -0.1) is 0 Å². The Labute approximate surface area is 176 Å². The van der Waals surface area contributed by atoms with Gasteiger partial charge in [0.2, 0.25) is 0 Å². The van der Waals surface area contributed by atoms with Gasteiger partial charge in [-0.1, -0.05) is 11.2 Å². The van der Waals surface area contributed by atoms with Crippen molar-refractivity contribution in [2.45, 2.75) is 38.2 Å². The molecule has 2 saturated heterocycles. The fourth-order valence-corrected chi connectivity index (χ4v) is 4.58. The van der Waals surface area contributed by atoms with E-state index in [1.165, 1.54) is 5.57 Å². The maximum Gasteiger partial charge on any atom is 0.178 e. The minimum Gasteiger partial charge on any atom is -0.495 e. The van der Waals surface area contributed by atoms with Gasteiger partial charge in [-0.2, -0.15) is 0 Å². The van der Waals surface area contributed by atoms with E-state index in [2.05, 4.69) is 39.3 Å². The van der Waals surface area contributed by atoms with Crippen molar-refractivity contribution in [3.8, 4) is 11.4 Å². The number of nitrogens with zero attached hydrogens (tertiary/aromatic N) is 4. The summed E-state index contributed by atoms with van der Waals surface area (Å²) in [6.45, 7) is 5.30. The number of ether oxygens (including phenoxy) is 2. The van der Waals surface area contributed by atoms with Gasteiger partial charge < -0.3 is 23.8 Å². The second kappa shape index (κ2) is 7.80. The predicted molar refractivity (Wildman–Crippen MR) is 115 cm³/mol. The molecule has 30 heavy (non-hydrogen) atoms. The summed E-state index contributed by atoms with van der Waals surface area (Å²) < 4.78 is 13.3. The molecule has 2 fully saturated rings. The monoisotopic (exact) mass is 408 g/mol. The van der Waals surface area contributed by atoms with Gasteiger partial charge in [-0.25, -0.2) is 4.98 Å². The molecule has 158 valence electrons. The first-order chi connectivity index (χ1) is 14.7. The normalized spacial score (nSPS) is 25.1. The minimum atomic E-state index is -0.280. The summed E-state index contributed by atoms with van der Waals surface area (Å²) in [5, 5.41) is 4.57. The third-order valence-electron chi connectivity index (χ3n) is 6.09. The van der Waals surface area contributed by atoms with Gasteiger partial charge in [0, 0.05) is 19.3 Å². The first-order valence-electron chi connectivity index (χ1n) is 10.6. The summed E-state index contributed by atoms with van der Waals surface area (Å²) in [6.07, 6.45) is 10.2. The lowest BCUT2D eigenvalue weighted by molar-refractivity contribution is -0.146. The first-order valence-corrected chi connectivity index (χ1v) is 10.6. The third kappa shape index (κ3) is 3.58. The average Bonchev–Trinajstić information content (AvgIpc) is 3.20. The van der Waals surface area contributed by atoms with Gasteiger partial charge in [0.05, 0.1) is 38.0 Å². The van der Waals surface area contributed by atoms with Crippen LogP contribution in [0.5, 0.6) is 5.75 Å². The highest BCUT2D eigenvalue weighted by Gasteiger charge is 2.42. The van der Waals surface area contributed by atoms with E-state index in [4.69, 9.17) is 14.3 Å². The Balaban J connectivity index is 1.43. The van der Waals surface area contributed by atoms with Crippen molar-refractivity contribution in [2.75, 3.05) is 33.4 Å². The van der Waals surface area contributed by atoms with E-state index in [-0.39, 0.29) is 5.60 Å². The highest BCUT2D eigenvalue weighted by molar-refractivity contribution is 6.02. The minimum absolute atomic E-state index is 0.280. The number of methoxy groups -OCH3 is 1. The summed E-state index contributed by atoms with van der Waals surface area (Å²) in [5.41, 5.74) is 3.97. The standard InChI is InChI=1S/C23H28N4O3/c1-17-13-27(16-24-17)20-7-6-18(12-21(20)28-2)11-19-5-3-9-26-14-23(30-25-22(19)26)8-4-10-29-15-23/h6-7,11-13,16H,3-5,8-10,14-15H2,1-2H3/b19-11+. The van der Waals surface area contributed by atoms with Crippen molar-refractivity contribution in [1.29, 1.82) is 0 Å². The Morgan fingerprint density at radius 2 is 2.20 bits per heavy atom. The van der Waals surface area contributed by atoms with E-state index >= 15 is 0 Å². The van der Waals surface area contributed by atoms with E-state index in [9.17, 15) is 0 Å². The molecule has 3 aliphatic rings. The van der Waals surface area contributed by atoms with Gasteiger partial charge in [-0.05, 0) is 62.0 Å². The van der Waals surface area contributed by atoms with Crippen molar-refractivity contribution in [1.82, 2.24) is 14.5 Å². The highest BCUT2D eigenvalue weighted by atomic mass is 16.7. The number of fused-ring (bicyclic) bond motifs is 1. The lowest BCUT2D eigenvalue weighted by Gasteiger charge is -2.44. The zero-order valence-corrected chi connectivity index (χ0v) is 17.6. The number of benzene rings is 1. The number of amidine groups is 1. The van der Waals surface area contributed by atoms with Crippen molar-refractivity contribution < 1.29 is 14.3 Å². The van der Waals surface area contributed by atoms with E-state index in [1.807, 2.05) is 24.0 Å². The van der Waals surface area contributed by atoms with Crippen LogP contribution >= 0.6 is 0 Å². The zero-order valence-electron chi connectivity index (χ0n) is 17.6. The van der Waals surface area contributed by atoms with E-state index < -0.39 is 0 Å².